The molecule has 0 saturated carbocycles. The van der Waals surface area contributed by atoms with Gasteiger partial charge in [0, 0.05) is 13.1 Å². The van der Waals surface area contributed by atoms with Gasteiger partial charge in [-0.15, -0.1) is 21.5 Å². The van der Waals surface area contributed by atoms with Crippen LogP contribution in [-0.2, 0) is 23.1 Å². The van der Waals surface area contributed by atoms with E-state index in [0.29, 0.717) is 18.9 Å². The molecule has 3 heterocycles. The first-order valence-corrected chi connectivity index (χ1v) is 7.94. The summed E-state index contributed by atoms with van der Waals surface area (Å²) in [6.45, 7) is 0.940. The number of rotatable bonds is 3. The van der Waals surface area contributed by atoms with Crippen LogP contribution in [0.2, 0.25) is 0 Å². The van der Waals surface area contributed by atoms with Crippen molar-refractivity contribution in [2.45, 2.75) is 17.3 Å². The summed E-state index contributed by atoms with van der Waals surface area (Å²) in [5.41, 5.74) is 0. The number of carbonyl (C=O) groups is 1. The Morgan fingerprint density at radius 3 is 2.85 bits per heavy atom. The van der Waals surface area contributed by atoms with Gasteiger partial charge in [0.05, 0.1) is 6.54 Å². The molecule has 8 nitrogen and oxygen atoms in total. The Hall–Kier alpha value is -1.78. The second kappa shape index (κ2) is 4.65. The van der Waals surface area contributed by atoms with Crippen LogP contribution in [0.4, 0.5) is 0 Å². The van der Waals surface area contributed by atoms with Gasteiger partial charge in [-0.05, 0) is 12.1 Å². The fraction of sp³-hybridized carbons (Fsp3) is 0.300. The quantitative estimate of drug-likeness (QED) is 0.870. The van der Waals surface area contributed by atoms with Gasteiger partial charge in [-0.1, -0.05) is 0 Å². The van der Waals surface area contributed by atoms with Crippen LogP contribution in [0.5, 0.6) is 0 Å². The van der Waals surface area contributed by atoms with Crippen LogP contribution in [-0.4, -0.2) is 45.1 Å². The molecule has 1 aliphatic heterocycles. The van der Waals surface area contributed by atoms with Crippen molar-refractivity contribution in [3.63, 3.8) is 0 Å². The molecule has 1 aliphatic rings. The van der Waals surface area contributed by atoms with Crippen molar-refractivity contribution in [2.75, 3.05) is 6.54 Å². The van der Waals surface area contributed by atoms with Crippen molar-refractivity contribution in [2.24, 2.45) is 0 Å². The fourth-order valence-electron chi connectivity index (χ4n) is 1.95. The molecule has 0 spiro atoms. The molecule has 0 unspecified atom stereocenters. The van der Waals surface area contributed by atoms with Crippen LogP contribution < -0.4 is 0 Å². The van der Waals surface area contributed by atoms with Crippen LogP contribution in [0.3, 0.4) is 0 Å². The highest BCUT2D eigenvalue weighted by Gasteiger charge is 2.30. The molecule has 2 aromatic rings. The van der Waals surface area contributed by atoms with Crippen molar-refractivity contribution in [3.8, 4) is 0 Å². The molecule has 3 rings (SSSR count). The van der Waals surface area contributed by atoms with E-state index in [2.05, 4.69) is 10.2 Å². The zero-order valence-electron chi connectivity index (χ0n) is 10.1. The largest absolute Gasteiger partial charge is 0.477 e. The molecule has 0 saturated heterocycles. The van der Waals surface area contributed by atoms with Gasteiger partial charge in [-0.3, -0.25) is 0 Å². The zero-order valence-corrected chi connectivity index (χ0v) is 11.8. The number of aromatic nitrogens is 3. The highest BCUT2D eigenvalue weighted by molar-refractivity contribution is 7.91. The highest BCUT2D eigenvalue weighted by atomic mass is 32.2. The predicted molar refractivity (Wildman–Crippen MR) is 68.9 cm³/mol. The lowest BCUT2D eigenvalue weighted by molar-refractivity contribution is 0.0702. The van der Waals surface area contributed by atoms with Gasteiger partial charge in [0.15, 0.2) is 0 Å². The van der Waals surface area contributed by atoms with Gasteiger partial charge in [0.2, 0.25) is 0 Å². The highest BCUT2D eigenvalue weighted by Crippen LogP contribution is 2.27. The Kier molecular flexibility index (Phi) is 3.07. The first kappa shape index (κ1) is 13.2. The summed E-state index contributed by atoms with van der Waals surface area (Å²) in [4.78, 5) is 10.8. The summed E-state index contributed by atoms with van der Waals surface area (Å²) >= 11 is 0.753. The van der Waals surface area contributed by atoms with E-state index in [1.807, 2.05) is 0 Å². The van der Waals surface area contributed by atoms with Crippen LogP contribution >= 0.6 is 11.3 Å². The number of hydrogen-bond acceptors (Lipinski definition) is 6. The van der Waals surface area contributed by atoms with Crippen LogP contribution in [0.25, 0.3) is 0 Å². The standard InChI is InChI=1S/C10H10N4O4S2/c15-10(16)7-1-2-9(19-7)20(17,18)14-4-3-13-6-11-12-8(13)5-14/h1-2,6H,3-5H2,(H,15,16). The van der Waals surface area contributed by atoms with E-state index in [-0.39, 0.29) is 15.6 Å². The van der Waals surface area contributed by atoms with Crippen molar-refractivity contribution < 1.29 is 18.3 Å². The number of carboxylic acid groups (broad SMARTS) is 1. The van der Waals surface area contributed by atoms with Gasteiger partial charge in [0.25, 0.3) is 10.0 Å². The molecule has 1 N–H and O–H groups in total. The number of nitrogens with zero attached hydrogens (tertiary/aromatic N) is 4. The molecule has 0 aromatic carbocycles. The zero-order chi connectivity index (χ0) is 14.3. The Bertz CT molecular complexity index is 764. The summed E-state index contributed by atoms with van der Waals surface area (Å²) in [6, 6.07) is 2.62. The van der Waals surface area contributed by atoms with Crippen molar-refractivity contribution in [1.82, 2.24) is 19.1 Å². The van der Waals surface area contributed by atoms with E-state index >= 15 is 0 Å². The second-order valence-electron chi connectivity index (χ2n) is 4.20. The van der Waals surface area contributed by atoms with E-state index in [1.165, 1.54) is 16.4 Å². The van der Waals surface area contributed by atoms with E-state index in [0.717, 1.165) is 11.3 Å². The third-order valence-electron chi connectivity index (χ3n) is 2.99. The maximum Gasteiger partial charge on any atom is 0.345 e. The van der Waals surface area contributed by atoms with Gasteiger partial charge in [-0.25, -0.2) is 13.2 Å². The summed E-state index contributed by atoms with van der Waals surface area (Å²) in [7, 11) is -3.69. The molecule has 20 heavy (non-hydrogen) atoms. The van der Waals surface area contributed by atoms with Crippen molar-refractivity contribution >= 4 is 27.3 Å². The monoisotopic (exact) mass is 314 g/mol. The Morgan fingerprint density at radius 1 is 1.35 bits per heavy atom. The fourth-order valence-corrected chi connectivity index (χ4v) is 4.64. The number of carboxylic acids is 1. The Morgan fingerprint density at radius 2 is 2.15 bits per heavy atom. The molecule has 0 amide bonds. The van der Waals surface area contributed by atoms with Gasteiger partial charge in [0.1, 0.15) is 21.2 Å². The lowest BCUT2D eigenvalue weighted by Crippen LogP contribution is -2.37. The van der Waals surface area contributed by atoms with Gasteiger partial charge in [-0.2, -0.15) is 4.31 Å². The summed E-state index contributed by atoms with van der Waals surface area (Å²) in [5, 5.41) is 16.5. The molecule has 10 heteroatoms. The minimum Gasteiger partial charge on any atom is -0.477 e. The topological polar surface area (TPSA) is 105 Å². The average molecular weight is 314 g/mol. The minimum absolute atomic E-state index is 0.00347. The normalized spacial score (nSPS) is 16.0. The van der Waals surface area contributed by atoms with E-state index in [4.69, 9.17) is 5.11 Å². The summed E-state index contributed by atoms with van der Waals surface area (Å²) < 4.78 is 28.0. The van der Waals surface area contributed by atoms with Gasteiger partial charge >= 0.3 is 5.97 Å². The molecule has 106 valence electrons. The molecular formula is C10H10N4O4S2. The minimum atomic E-state index is -3.69. The summed E-state index contributed by atoms with van der Waals surface area (Å²) in [6.07, 6.45) is 1.56. The molecule has 0 radical (unpaired) electrons. The maximum atomic E-state index is 12.4. The molecule has 0 atom stereocenters. The SMILES string of the molecule is O=C(O)c1ccc(S(=O)(=O)N2CCn3cnnc3C2)s1. The maximum absolute atomic E-state index is 12.4. The lowest BCUT2D eigenvalue weighted by Gasteiger charge is -2.25. The van der Waals surface area contributed by atoms with E-state index in [1.54, 1.807) is 10.9 Å². The molecule has 0 fully saturated rings. The number of aromatic carboxylic acids is 1. The molecule has 0 aliphatic carbocycles. The second-order valence-corrected chi connectivity index (χ2v) is 7.45. The lowest BCUT2D eigenvalue weighted by atomic mass is 10.4. The van der Waals surface area contributed by atoms with Crippen molar-refractivity contribution in [3.05, 3.63) is 29.2 Å². The van der Waals surface area contributed by atoms with Crippen LogP contribution in [0.15, 0.2) is 22.7 Å². The molecule has 0 bridgehead atoms. The summed E-state index contributed by atoms with van der Waals surface area (Å²) in [5.74, 6) is -0.551. The predicted octanol–water partition coefficient (Wildman–Crippen LogP) is 0.242. The number of thiophene rings is 1. The van der Waals surface area contributed by atoms with Crippen LogP contribution in [0.1, 0.15) is 15.5 Å². The Labute approximate surface area is 118 Å². The third kappa shape index (κ3) is 2.11. The average Bonchev–Trinajstić information content (AvgIpc) is 3.07. The van der Waals surface area contributed by atoms with Crippen molar-refractivity contribution in [1.29, 1.82) is 0 Å². The van der Waals surface area contributed by atoms with E-state index < -0.39 is 16.0 Å². The first-order chi connectivity index (χ1) is 9.48. The first-order valence-electron chi connectivity index (χ1n) is 5.68. The molecule has 2 aromatic heterocycles. The smallest absolute Gasteiger partial charge is 0.345 e. The molecular weight excluding hydrogens is 304 g/mol. The number of hydrogen-bond donors (Lipinski definition) is 1. The van der Waals surface area contributed by atoms with E-state index in [9.17, 15) is 13.2 Å². The third-order valence-corrected chi connectivity index (χ3v) is 6.38. The Balaban J connectivity index is 1.90. The number of fused-ring (bicyclic) bond motifs is 1. The van der Waals surface area contributed by atoms with Crippen LogP contribution in [0, 0.1) is 0 Å². The number of sulfonamides is 1. The van der Waals surface area contributed by atoms with Gasteiger partial charge < -0.3 is 9.67 Å².